The van der Waals surface area contributed by atoms with Gasteiger partial charge in [-0.25, -0.2) is 0 Å². The molecule has 28 heavy (non-hydrogen) atoms. The Balaban J connectivity index is 1.52. The normalized spacial score (nSPS) is 18.1. The predicted octanol–water partition coefficient (Wildman–Crippen LogP) is 5.24. The summed E-state index contributed by atoms with van der Waals surface area (Å²) < 4.78 is 16.9. The number of amides is 1. The molecular formula is C23H25NO4. The zero-order valence-corrected chi connectivity index (χ0v) is 16.3. The number of rotatable bonds is 8. The standard InChI is InChI=1S/C23H25NO4/c1-3-26-18-8-6-17(7-9-18)23(25)24(14-19-5-4-12-27-19)15-20-10-11-22(28-20)21-13-16(21)2/h4-12,16,21H,3,13-15H2,1-2H3. The Bertz CT molecular complexity index is 910. The Morgan fingerprint density at radius 1 is 1.11 bits per heavy atom. The molecule has 0 spiro atoms. The summed E-state index contributed by atoms with van der Waals surface area (Å²) in [5.74, 6) is 4.44. The summed E-state index contributed by atoms with van der Waals surface area (Å²) >= 11 is 0. The van der Waals surface area contributed by atoms with Crippen molar-refractivity contribution in [2.24, 2.45) is 5.92 Å². The first-order valence-electron chi connectivity index (χ1n) is 9.77. The minimum atomic E-state index is -0.0720. The van der Waals surface area contributed by atoms with Gasteiger partial charge in [0.25, 0.3) is 5.91 Å². The van der Waals surface area contributed by atoms with Gasteiger partial charge in [-0.1, -0.05) is 6.92 Å². The zero-order chi connectivity index (χ0) is 19.5. The third kappa shape index (κ3) is 4.14. The Labute approximate surface area is 164 Å². The second-order valence-electron chi connectivity index (χ2n) is 7.32. The van der Waals surface area contributed by atoms with E-state index in [1.165, 1.54) is 6.42 Å². The number of carbonyl (C=O) groups is 1. The monoisotopic (exact) mass is 379 g/mol. The molecule has 1 saturated carbocycles. The third-order valence-electron chi connectivity index (χ3n) is 5.13. The van der Waals surface area contributed by atoms with Crippen LogP contribution in [0.5, 0.6) is 5.75 Å². The molecule has 1 fully saturated rings. The summed E-state index contributed by atoms with van der Waals surface area (Å²) in [6, 6.07) is 14.9. The number of furan rings is 2. The summed E-state index contributed by atoms with van der Waals surface area (Å²) in [6.45, 7) is 5.54. The highest BCUT2D eigenvalue weighted by molar-refractivity contribution is 5.94. The maximum absolute atomic E-state index is 13.2. The van der Waals surface area contributed by atoms with Crippen molar-refractivity contribution in [1.82, 2.24) is 4.90 Å². The lowest BCUT2D eigenvalue weighted by atomic mass is 10.2. The van der Waals surface area contributed by atoms with Crippen molar-refractivity contribution in [1.29, 1.82) is 0 Å². The topological polar surface area (TPSA) is 55.8 Å². The quantitative estimate of drug-likeness (QED) is 0.537. The molecule has 146 valence electrons. The maximum atomic E-state index is 13.2. The van der Waals surface area contributed by atoms with E-state index in [-0.39, 0.29) is 5.91 Å². The minimum Gasteiger partial charge on any atom is -0.494 e. The SMILES string of the molecule is CCOc1ccc(C(=O)N(Cc2ccco2)Cc2ccc(C3CC3C)o2)cc1. The number of hydrogen-bond acceptors (Lipinski definition) is 4. The van der Waals surface area contributed by atoms with Gasteiger partial charge in [0.2, 0.25) is 0 Å². The lowest BCUT2D eigenvalue weighted by molar-refractivity contribution is 0.0704. The van der Waals surface area contributed by atoms with E-state index in [9.17, 15) is 4.79 Å². The van der Waals surface area contributed by atoms with Gasteiger partial charge in [-0.15, -0.1) is 0 Å². The lowest BCUT2D eigenvalue weighted by Gasteiger charge is -2.21. The predicted molar refractivity (Wildman–Crippen MR) is 105 cm³/mol. The van der Waals surface area contributed by atoms with Crippen molar-refractivity contribution in [2.45, 2.75) is 39.3 Å². The molecule has 0 radical (unpaired) electrons. The number of ether oxygens (including phenoxy) is 1. The molecule has 1 aromatic carbocycles. The number of hydrogen-bond donors (Lipinski definition) is 0. The van der Waals surface area contributed by atoms with E-state index in [2.05, 4.69) is 6.92 Å². The van der Waals surface area contributed by atoms with E-state index in [0.717, 1.165) is 23.0 Å². The smallest absolute Gasteiger partial charge is 0.254 e. The number of benzene rings is 1. The van der Waals surface area contributed by atoms with Crippen LogP contribution in [0.25, 0.3) is 0 Å². The van der Waals surface area contributed by atoms with E-state index in [1.807, 2.05) is 43.3 Å². The molecule has 2 unspecified atom stereocenters. The average Bonchev–Trinajstić information content (AvgIpc) is 3.09. The van der Waals surface area contributed by atoms with E-state index in [0.29, 0.717) is 37.1 Å². The van der Waals surface area contributed by atoms with Gasteiger partial charge >= 0.3 is 0 Å². The molecule has 0 saturated heterocycles. The van der Waals surface area contributed by atoms with Crippen LogP contribution in [0.1, 0.15) is 53.8 Å². The molecule has 5 nitrogen and oxygen atoms in total. The van der Waals surface area contributed by atoms with E-state index in [4.69, 9.17) is 13.6 Å². The molecule has 0 bridgehead atoms. The van der Waals surface area contributed by atoms with Gasteiger partial charge in [-0.05, 0) is 67.8 Å². The molecule has 1 aliphatic carbocycles. The summed E-state index contributed by atoms with van der Waals surface area (Å²) in [5, 5.41) is 0. The molecular weight excluding hydrogens is 354 g/mol. The molecule has 4 rings (SSSR count). The van der Waals surface area contributed by atoms with Crippen LogP contribution in [0.15, 0.2) is 63.6 Å². The van der Waals surface area contributed by atoms with Crippen LogP contribution in [-0.4, -0.2) is 17.4 Å². The summed E-state index contributed by atoms with van der Waals surface area (Å²) in [4.78, 5) is 14.9. The van der Waals surface area contributed by atoms with E-state index >= 15 is 0 Å². The Hall–Kier alpha value is -2.95. The molecule has 1 amide bonds. The van der Waals surface area contributed by atoms with Crippen LogP contribution in [0.3, 0.4) is 0 Å². The van der Waals surface area contributed by atoms with Gasteiger partial charge in [-0.2, -0.15) is 0 Å². The first kappa shape index (κ1) is 18.4. The molecule has 2 heterocycles. The fourth-order valence-electron chi connectivity index (χ4n) is 3.42. The van der Waals surface area contributed by atoms with Crippen molar-refractivity contribution in [2.75, 3.05) is 6.61 Å². The largest absolute Gasteiger partial charge is 0.494 e. The molecule has 0 aliphatic heterocycles. The van der Waals surface area contributed by atoms with Crippen LogP contribution < -0.4 is 4.74 Å². The van der Waals surface area contributed by atoms with Gasteiger partial charge in [0.15, 0.2) is 0 Å². The second-order valence-corrected chi connectivity index (χ2v) is 7.32. The van der Waals surface area contributed by atoms with Crippen LogP contribution >= 0.6 is 0 Å². The summed E-state index contributed by atoms with van der Waals surface area (Å²) in [7, 11) is 0. The third-order valence-corrected chi connectivity index (χ3v) is 5.13. The van der Waals surface area contributed by atoms with E-state index in [1.54, 1.807) is 23.3 Å². The molecule has 0 N–H and O–H groups in total. The lowest BCUT2D eigenvalue weighted by Crippen LogP contribution is -2.29. The van der Waals surface area contributed by atoms with Crippen LogP contribution in [-0.2, 0) is 13.1 Å². The highest BCUT2D eigenvalue weighted by Gasteiger charge is 2.36. The van der Waals surface area contributed by atoms with Crippen molar-refractivity contribution in [3.8, 4) is 5.75 Å². The maximum Gasteiger partial charge on any atom is 0.254 e. The molecule has 2 atom stereocenters. The Kier molecular flexibility index (Phi) is 5.24. The van der Waals surface area contributed by atoms with Gasteiger partial charge in [0.1, 0.15) is 23.0 Å². The van der Waals surface area contributed by atoms with Crippen molar-refractivity contribution in [3.05, 3.63) is 77.6 Å². The van der Waals surface area contributed by atoms with Crippen LogP contribution in [0.4, 0.5) is 0 Å². The van der Waals surface area contributed by atoms with Crippen LogP contribution in [0, 0.1) is 5.92 Å². The van der Waals surface area contributed by atoms with Crippen molar-refractivity contribution >= 4 is 5.91 Å². The highest BCUT2D eigenvalue weighted by atomic mass is 16.5. The van der Waals surface area contributed by atoms with E-state index < -0.39 is 0 Å². The van der Waals surface area contributed by atoms with Gasteiger partial charge < -0.3 is 18.5 Å². The van der Waals surface area contributed by atoms with Crippen molar-refractivity contribution < 1.29 is 18.4 Å². The fraction of sp³-hybridized carbons (Fsp3) is 0.348. The zero-order valence-electron chi connectivity index (χ0n) is 16.3. The Morgan fingerprint density at radius 3 is 2.50 bits per heavy atom. The fourth-order valence-corrected chi connectivity index (χ4v) is 3.42. The molecule has 1 aliphatic rings. The van der Waals surface area contributed by atoms with Gasteiger partial charge in [0, 0.05) is 11.5 Å². The van der Waals surface area contributed by atoms with Gasteiger partial charge in [0.05, 0.1) is 26.0 Å². The summed E-state index contributed by atoms with van der Waals surface area (Å²) in [5.41, 5.74) is 0.609. The second kappa shape index (κ2) is 7.97. The average molecular weight is 379 g/mol. The first-order valence-corrected chi connectivity index (χ1v) is 9.77. The first-order chi connectivity index (χ1) is 13.6. The summed E-state index contributed by atoms with van der Waals surface area (Å²) in [6.07, 6.45) is 2.79. The minimum absolute atomic E-state index is 0.0720. The highest BCUT2D eigenvalue weighted by Crippen LogP contribution is 2.47. The molecule has 3 aromatic rings. The molecule has 5 heteroatoms. The van der Waals surface area contributed by atoms with Gasteiger partial charge in [-0.3, -0.25) is 4.79 Å². The molecule has 2 aromatic heterocycles. The Morgan fingerprint density at radius 2 is 1.86 bits per heavy atom. The van der Waals surface area contributed by atoms with Crippen molar-refractivity contribution in [3.63, 3.8) is 0 Å². The van der Waals surface area contributed by atoms with Crippen LogP contribution in [0.2, 0.25) is 0 Å². The number of nitrogens with zero attached hydrogens (tertiary/aromatic N) is 1. The number of carbonyl (C=O) groups excluding carboxylic acids is 1.